The van der Waals surface area contributed by atoms with Crippen LogP contribution in [0.2, 0.25) is 0 Å². The third-order valence-electron chi connectivity index (χ3n) is 4.60. The van der Waals surface area contributed by atoms with Gasteiger partial charge in [0.15, 0.2) is 0 Å². The van der Waals surface area contributed by atoms with E-state index >= 15 is 0 Å². The van der Waals surface area contributed by atoms with Crippen LogP contribution in [0, 0.1) is 5.92 Å². The van der Waals surface area contributed by atoms with Crippen molar-refractivity contribution in [2.45, 2.75) is 26.7 Å². The molecule has 3 N–H and O–H groups in total. The van der Waals surface area contributed by atoms with Crippen LogP contribution in [0.3, 0.4) is 0 Å². The lowest BCUT2D eigenvalue weighted by molar-refractivity contribution is -0.172. The number of rotatable bonds is 11. The maximum Gasteiger partial charge on any atom is 0.417 e. The minimum atomic E-state index is -1.04. The number of nitrogens with one attached hydrogen (secondary N) is 1. The number of carbonyl (C=O) groups is 3. The van der Waals surface area contributed by atoms with Crippen molar-refractivity contribution < 1.29 is 28.6 Å². The quantitative estimate of drug-likeness (QED) is 0.290. The van der Waals surface area contributed by atoms with Crippen LogP contribution in [-0.2, 0) is 25.6 Å². The number of benzene rings is 1. The number of likely N-dealkylation sites (N-methyl/N-ethyl adjacent to an activating group) is 2. The molecule has 32 heavy (non-hydrogen) atoms. The molecule has 11 nitrogen and oxygen atoms in total. The Morgan fingerprint density at radius 2 is 1.62 bits per heavy atom. The van der Waals surface area contributed by atoms with E-state index in [4.69, 9.17) is 19.9 Å². The van der Waals surface area contributed by atoms with E-state index in [9.17, 15) is 14.4 Å². The zero-order valence-electron chi connectivity index (χ0n) is 19.7. The first-order valence-electron chi connectivity index (χ1n) is 10.3. The molecule has 1 atom stereocenters. The largest absolute Gasteiger partial charge is 0.445 e. The maximum atomic E-state index is 12.4. The van der Waals surface area contributed by atoms with E-state index in [1.54, 1.807) is 52.2 Å². The van der Waals surface area contributed by atoms with Crippen molar-refractivity contribution in [3.63, 3.8) is 0 Å². The lowest BCUT2D eigenvalue weighted by Gasteiger charge is -2.24. The topological polar surface area (TPSA) is 127 Å². The zero-order valence-corrected chi connectivity index (χ0v) is 19.7. The Labute approximate surface area is 189 Å². The molecular formula is C21H35N5O6. The second-order valence-electron chi connectivity index (χ2n) is 7.54. The highest BCUT2D eigenvalue weighted by molar-refractivity contribution is 5.87. The van der Waals surface area contributed by atoms with Gasteiger partial charge in [0.1, 0.15) is 6.61 Å². The van der Waals surface area contributed by atoms with Gasteiger partial charge in [0, 0.05) is 45.8 Å². The van der Waals surface area contributed by atoms with Gasteiger partial charge < -0.3 is 24.8 Å². The number of nitrogens with zero attached hydrogens (tertiary/aromatic N) is 3. The molecule has 180 valence electrons. The predicted molar refractivity (Wildman–Crippen MR) is 120 cm³/mol. The number of hydrazine groups is 1. The van der Waals surface area contributed by atoms with Gasteiger partial charge in [0.25, 0.3) is 6.29 Å². The molecule has 0 aliphatic rings. The van der Waals surface area contributed by atoms with Crippen LogP contribution in [0.1, 0.15) is 19.4 Å². The molecule has 0 aliphatic heterocycles. The monoisotopic (exact) mass is 453 g/mol. The summed E-state index contributed by atoms with van der Waals surface area (Å²) >= 11 is 0. The van der Waals surface area contributed by atoms with E-state index < -0.39 is 24.4 Å². The van der Waals surface area contributed by atoms with Gasteiger partial charge in [0.2, 0.25) is 0 Å². The number of anilines is 1. The fraction of sp³-hybridized carbons (Fsp3) is 0.571. The molecule has 0 bridgehead atoms. The average molecular weight is 454 g/mol. The molecule has 1 aromatic carbocycles. The van der Waals surface area contributed by atoms with E-state index in [1.165, 1.54) is 16.8 Å². The smallest absolute Gasteiger partial charge is 0.417 e. The molecule has 1 unspecified atom stereocenters. The molecule has 0 saturated heterocycles. The van der Waals surface area contributed by atoms with Crippen molar-refractivity contribution in [1.29, 1.82) is 0 Å². The van der Waals surface area contributed by atoms with Gasteiger partial charge in [-0.05, 0) is 24.7 Å². The Morgan fingerprint density at radius 3 is 2.16 bits per heavy atom. The van der Waals surface area contributed by atoms with E-state index in [0.717, 1.165) is 5.56 Å². The van der Waals surface area contributed by atoms with Crippen LogP contribution in [0.5, 0.6) is 0 Å². The van der Waals surface area contributed by atoms with Gasteiger partial charge in [-0.1, -0.05) is 26.0 Å². The van der Waals surface area contributed by atoms with Crippen molar-refractivity contribution in [3.8, 4) is 0 Å². The molecule has 1 rings (SSSR count). The van der Waals surface area contributed by atoms with Crippen LogP contribution in [0.15, 0.2) is 24.3 Å². The maximum absolute atomic E-state index is 12.4. The molecule has 0 heterocycles. The van der Waals surface area contributed by atoms with E-state index in [-0.39, 0.29) is 19.1 Å². The Kier molecular flexibility index (Phi) is 11.5. The van der Waals surface area contributed by atoms with Gasteiger partial charge >= 0.3 is 18.2 Å². The van der Waals surface area contributed by atoms with Crippen molar-refractivity contribution in [1.82, 2.24) is 15.3 Å². The van der Waals surface area contributed by atoms with Gasteiger partial charge in [0.05, 0.1) is 6.54 Å². The fourth-order valence-corrected chi connectivity index (χ4v) is 2.33. The average Bonchev–Trinajstić information content (AvgIpc) is 2.79. The fourth-order valence-electron chi connectivity index (χ4n) is 2.33. The summed E-state index contributed by atoms with van der Waals surface area (Å²) in [5, 5.41) is 1.86. The summed E-state index contributed by atoms with van der Waals surface area (Å²) in [6.07, 6.45) is -2.14. The summed E-state index contributed by atoms with van der Waals surface area (Å²) < 4.78 is 15.7. The van der Waals surface area contributed by atoms with Crippen molar-refractivity contribution in [2.75, 3.05) is 52.7 Å². The molecule has 1 aromatic rings. The minimum Gasteiger partial charge on any atom is -0.445 e. The van der Waals surface area contributed by atoms with Gasteiger partial charge in [-0.25, -0.2) is 14.6 Å². The Hall–Kier alpha value is -2.89. The summed E-state index contributed by atoms with van der Waals surface area (Å²) in [7, 11) is 6.89. The first-order chi connectivity index (χ1) is 15.1. The van der Waals surface area contributed by atoms with Crippen LogP contribution < -0.4 is 16.1 Å². The normalized spacial score (nSPS) is 11.8. The summed E-state index contributed by atoms with van der Waals surface area (Å²) in [6.45, 7) is 4.49. The standard InChI is InChI=1S/C21H35N5O6/c1-15(2)19(31-18(27)13-22)32-21(29)26(6)17-9-7-16(8-10-17)14-30-20(28)24(4)11-12-25(5)23-3/h7-10,15,19,23H,11-14,22H2,1-6H3. The molecule has 0 fully saturated rings. The second-order valence-corrected chi connectivity index (χ2v) is 7.54. The highest BCUT2D eigenvalue weighted by atomic mass is 16.7. The Balaban J connectivity index is 2.60. The summed E-state index contributed by atoms with van der Waals surface area (Å²) in [4.78, 5) is 38.7. The van der Waals surface area contributed by atoms with Gasteiger partial charge in [-0.2, -0.15) is 0 Å². The Bertz CT molecular complexity index is 743. The molecule has 2 amide bonds. The lowest BCUT2D eigenvalue weighted by Crippen LogP contribution is -2.39. The van der Waals surface area contributed by atoms with E-state index in [0.29, 0.717) is 18.8 Å². The number of esters is 1. The van der Waals surface area contributed by atoms with E-state index in [1.807, 2.05) is 12.1 Å². The summed E-state index contributed by atoms with van der Waals surface area (Å²) in [5.74, 6) is -0.894. The molecule has 11 heteroatoms. The van der Waals surface area contributed by atoms with Crippen molar-refractivity contribution in [3.05, 3.63) is 29.8 Å². The van der Waals surface area contributed by atoms with Crippen LogP contribution >= 0.6 is 0 Å². The molecule has 0 aliphatic carbocycles. The minimum absolute atomic E-state index is 0.101. The third kappa shape index (κ3) is 9.08. The van der Waals surface area contributed by atoms with Crippen LogP contribution in [0.4, 0.5) is 15.3 Å². The Morgan fingerprint density at radius 1 is 1.00 bits per heavy atom. The third-order valence-corrected chi connectivity index (χ3v) is 4.60. The van der Waals surface area contributed by atoms with Gasteiger partial charge in [-0.3, -0.25) is 15.1 Å². The zero-order chi connectivity index (χ0) is 24.3. The molecule has 0 radical (unpaired) electrons. The van der Waals surface area contributed by atoms with Crippen molar-refractivity contribution in [2.24, 2.45) is 11.7 Å². The molecular weight excluding hydrogens is 418 g/mol. The molecule has 0 aromatic heterocycles. The second kappa shape index (κ2) is 13.5. The highest BCUT2D eigenvalue weighted by Gasteiger charge is 2.24. The van der Waals surface area contributed by atoms with E-state index in [2.05, 4.69) is 5.43 Å². The molecule has 0 spiro atoms. The SMILES string of the molecule is CNN(C)CCN(C)C(=O)OCc1ccc(N(C)C(=O)OC(OC(=O)CN)C(C)C)cc1. The first kappa shape index (κ1) is 27.1. The molecule has 0 saturated carbocycles. The number of ether oxygens (including phenoxy) is 3. The number of carbonyl (C=O) groups excluding carboxylic acids is 3. The number of amides is 2. The number of hydrogen-bond acceptors (Lipinski definition) is 9. The van der Waals surface area contributed by atoms with Crippen LogP contribution in [0.25, 0.3) is 0 Å². The van der Waals surface area contributed by atoms with Gasteiger partial charge in [-0.15, -0.1) is 0 Å². The summed E-state index contributed by atoms with van der Waals surface area (Å²) in [6, 6.07) is 6.89. The van der Waals surface area contributed by atoms with Crippen LogP contribution in [-0.4, -0.2) is 82.2 Å². The number of hydrogen-bond donors (Lipinski definition) is 2. The lowest BCUT2D eigenvalue weighted by atomic mass is 10.2. The highest BCUT2D eigenvalue weighted by Crippen LogP contribution is 2.18. The summed E-state index contributed by atoms with van der Waals surface area (Å²) in [5.41, 5.74) is 9.53. The van der Waals surface area contributed by atoms with Crippen molar-refractivity contribution >= 4 is 23.8 Å². The number of nitrogens with two attached hydrogens (primary N) is 1. The first-order valence-corrected chi connectivity index (χ1v) is 10.3. The predicted octanol–water partition coefficient (Wildman–Crippen LogP) is 1.38.